The number of hydrogen-bond acceptors (Lipinski definition) is 9. The van der Waals surface area contributed by atoms with E-state index in [0.717, 1.165) is 6.20 Å². The minimum Gasteiger partial charge on any atom is -0.396 e. The number of nitrogens with zero attached hydrogens (tertiary/aromatic N) is 2. The highest BCUT2D eigenvalue weighted by molar-refractivity contribution is 7.92. The number of halogens is 1. The third-order valence-electron chi connectivity index (χ3n) is 4.25. The fourth-order valence-electron chi connectivity index (χ4n) is 2.69. The Bertz CT molecular complexity index is 1000. The average molecular weight is 458 g/mol. The minimum atomic E-state index is -3.55. The van der Waals surface area contributed by atoms with Crippen molar-refractivity contribution in [3.8, 4) is 0 Å². The van der Waals surface area contributed by atoms with Crippen molar-refractivity contribution in [3.05, 3.63) is 41.2 Å². The van der Waals surface area contributed by atoms with E-state index in [1.807, 2.05) is 0 Å². The minimum absolute atomic E-state index is 0.0426. The van der Waals surface area contributed by atoms with Crippen LogP contribution in [0.25, 0.3) is 0 Å². The number of aliphatic hydroxyl groups excluding tert-OH is 1. The third-order valence-corrected chi connectivity index (χ3v) is 7.13. The molecule has 1 fully saturated rings. The summed E-state index contributed by atoms with van der Waals surface area (Å²) in [5, 5.41) is 14.0. The molecule has 0 aliphatic carbocycles. The van der Waals surface area contributed by atoms with E-state index in [-0.39, 0.29) is 35.6 Å². The van der Waals surface area contributed by atoms with Crippen LogP contribution in [0.2, 0.25) is 0 Å². The first-order chi connectivity index (χ1) is 14.4. The van der Waals surface area contributed by atoms with E-state index in [9.17, 15) is 17.6 Å². The van der Waals surface area contributed by atoms with Crippen LogP contribution in [0.15, 0.2) is 40.5 Å². The molecule has 1 saturated heterocycles. The third kappa shape index (κ3) is 5.39. The number of carbonyl (C=O) groups is 1. The molecule has 12 heteroatoms. The van der Waals surface area contributed by atoms with Gasteiger partial charge in [-0.1, -0.05) is 28.6 Å². The zero-order valence-electron chi connectivity index (χ0n) is 15.8. The number of thiazole rings is 1. The van der Waals surface area contributed by atoms with Crippen molar-refractivity contribution >= 4 is 37.9 Å². The summed E-state index contributed by atoms with van der Waals surface area (Å²) in [7, 11) is -3.55. The lowest BCUT2D eigenvalue weighted by Gasteiger charge is -2.11. The fourth-order valence-corrected chi connectivity index (χ4v) is 4.81. The summed E-state index contributed by atoms with van der Waals surface area (Å²) < 4.78 is 43.6. The van der Waals surface area contributed by atoms with E-state index in [1.54, 1.807) is 0 Å². The van der Waals surface area contributed by atoms with Crippen LogP contribution in [0.4, 0.5) is 9.52 Å². The van der Waals surface area contributed by atoms with Crippen molar-refractivity contribution in [2.75, 3.05) is 31.7 Å². The summed E-state index contributed by atoms with van der Waals surface area (Å²) in [6.07, 6.45) is 1.72. The second kappa shape index (κ2) is 10.1. The number of benzene rings is 1. The Balaban J connectivity index is 1.82. The van der Waals surface area contributed by atoms with E-state index in [0.29, 0.717) is 36.3 Å². The maximum Gasteiger partial charge on any atom is 0.280 e. The SMILES string of the molecule is O=C(Nc1ncc(F)s1)/C(=N/OCCCO)c1ccc(S(=O)(=O)[C@H]2CCOC2)cc1. The number of aromatic nitrogens is 1. The van der Waals surface area contributed by atoms with Crippen LogP contribution < -0.4 is 5.32 Å². The summed E-state index contributed by atoms with van der Waals surface area (Å²) >= 11 is 0.651. The molecule has 30 heavy (non-hydrogen) atoms. The van der Waals surface area contributed by atoms with Crippen molar-refractivity contribution in [2.45, 2.75) is 23.0 Å². The molecule has 1 amide bonds. The van der Waals surface area contributed by atoms with E-state index in [1.165, 1.54) is 24.3 Å². The fraction of sp³-hybridized carbons (Fsp3) is 0.389. The maximum atomic E-state index is 13.1. The van der Waals surface area contributed by atoms with Gasteiger partial charge in [0.15, 0.2) is 25.8 Å². The zero-order chi connectivity index (χ0) is 21.6. The van der Waals surface area contributed by atoms with Gasteiger partial charge in [0, 0.05) is 25.2 Å². The second-order valence-corrected chi connectivity index (χ2v) is 9.54. The monoisotopic (exact) mass is 457 g/mol. The van der Waals surface area contributed by atoms with Crippen molar-refractivity contribution in [1.29, 1.82) is 0 Å². The van der Waals surface area contributed by atoms with Crippen LogP contribution in [0.1, 0.15) is 18.4 Å². The lowest BCUT2D eigenvalue weighted by Crippen LogP contribution is -2.25. The molecule has 0 unspecified atom stereocenters. The van der Waals surface area contributed by atoms with Crippen molar-refractivity contribution < 1.29 is 32.3 Å². The summed E-state index contributed by atoms with van der Waals surface area (Å²) in [5.74, 6) is -0.701. The molecular weight excluding hydrogens is 437 g/mol. The Morgan fingerprint density at radius 3 is 2.77 bits per heavy atom. The number of aliphatic hydroxyl groups is 1. The van der Waals surface area contributed by atoms with E-state index in [4.69, 9.17) is 14.7 Å². The Morgan fingerprint density at radius 1 is 1.40 bits per heavy atom. The molecule has 1 aliphatic heterocycles. The number of sulfone groups is 1. The number of nitrogens with one attached hydrogen (secondary N) is 1. The lowest BCUT2D eigenvalue weighted by atomic mass is 10.1. The Morgan fingerprint density at radius 2 is 2.17 bits per heavy atom. The molecule has 162 valence electrons. The molecule has 9 nitrogen and oxygen atoms in total. The molecular formula is C18H20FN3O6S2. The maximum absolute atomic E-state index is 13.1. The van der Waals surface area contributed by atoms with Crippen molar-refractivity contribution in [1.82, 2.24) is 4.98 Å². The van der Waals surface area contributed by atoms with Crippen molar-refractivity contribution in [3.63, 3.8) is 0 Å². The van der Waals surface area contributed by atoms with Gasteiger partial charge in [-0.2, -0.15) is 4.39 Å². The summed E-state index contributed by atoms with van der Waals surface area (Å²) in [6.45, 7) is 0.532. The first-order valence-electron chi connectivity index (χ1n) is 9.07. The number of rotatable bonds is 9. The van der Waals surface area contributed by atoms with Gasteiger partial charge in [-0.15, -0.1) is 0 Å². The van der Waals surface area contributed by atoms with Gasteiger partial charge in [0.05, 0.1) is 22.9 Å². The number of amides is 1. The smallest absolute Gasteiger partial charge is 0.280 e. The van der Waals surface area contributed by atoms with Crippen LogP contribution in [0.5, 0.6) is 0 Å². The summed E-state index contributed by atoms with van der Waals surface area (Å²) in [4.78, 5) is 21.5. The number of oxime groups is 1. The van der Waals surface area contributed by atoms with Gasteiger partial charge in [0.1, 0.15) is 6.61 Å². The second-order valence-electron chi connectivity index (χ2n) is 6.33. The van der Waals surface area contributed by atoms with E-state index in [2.05, 4.69) is 15.5 Å². The van der Waals surface area contributed by atoms with Crippen LogP contribution >= 0.6 is 11.3 Å². The van der Waals surface area contributed by atoms with Crippen LogP contribution in [-0.2, 0) is 24.2 Å². The number of anilines is 1. The molecule has 1 aliphatic rings. The van der Waals surface area contributed by atoms with Gasteiger partial charge >= 0.3 is 0 Å². The topological polar surface area (TPSA) is 127 Å². The molecule has 1 aromatic carbocycles. The van der Waals surface area contributed by atoms with Gasteiger partial charge in [0.2, 0.25) is 0 Å². The molecule has 3 rings (SSSR count). The number of carbonyl (C=O) groups excluding carboxylic acids is 1. The Labute approximate surface area is 176 Å². The molecule has 2 aromatic rings. The van der Waals surface area contributed by atoms with Crippen LogP contribution in [0.3, 0.4) is 0 Å². The Hall–Kier alpha value is -2.41. The molecule has 0 saturated carbocycles. The highest BCUT2D eigenvalue weighted by Crippen LogP contribution is 2.23. The van der Waals surface area contributed by atoms with Gasteiger partial charge in [-0.05, 0) is 18.6 Å². The largest absolute Gasteiger partial charge is 0.396 e. The van der Waals surface area contributed by atoms with Gasteiger partial charge in [0.25, 0.3) is 5.91 Å². The molecule has 1 aromatic heterocycles. The predicted molar refractivity (Wildman–Crippen MR) is 108 cm³/mol. The molecule has 2 heterocycles. The first-order valence-corrected chi connectivity index (χ1v) is 11.4. The van der Waals surface area contributed by atoms with Crippen LogP contribution in [0, 0.1) is 5.13 Å². The molecule has 0 spiro atoms. The first kappa shape index (κ1) is 22.3. The zero-order valence-corrected chi connectivity index (χ0v) is 17.4. The number of hydrogen-bond donors (Lipinski definition) is 2. The van der Waals surface area contributed by atoms with Gasteiger partial charge in [-0.3, -0.25) is 10.1 Å². The molecule has 0 radical (unpaired) electrons. The highest BCUT2D eigenvalue weighted by atomic mass is 32.2. The van der Waals surface area contributed by atoms with Crippen LogP contribution in [-0.4, -0.2) is 61.8 Å². The summed E-state index contributed by atoms with van der Waals surface area (Å²) in [5.41, 5.74) is 0.159. The average Bonchev–Trinajstić information content (AvgIpc) is 3.40. The predicted octanol–water partition coefficient (Wildman–Crippen LogP) is 1.59. The standard InChI is InChI=1S/C18H20FN3O6S2/c19-15-10-20-18(29-15)21-17(24)16(22-28-8-1-7-23)12-2-4-13(5-3-12)30(25,26)14-6-9-27-11-14/h2-5,10,14,23H,1,6-9,11H2,(H,20,21,24)/b22-16+/t14-/m0/s1. The van der Waals surface area contributed by atoms with E-state index >= 15 is 0 Å². The summed E-state index contributed by atoms with van der Waals surface area (Å²) in [6, 6.07) is 5.67. The van der Waals surface area contributed by atoms with E-state index < -0.39 is 26.1 Å². The normalized spacial score (nSPS) is 17.1. The molecule has 1 atom stereocenters. The quantitative estimate of drug-likeness (QED) is 0.332. The lowest BCUT2D eigenvalue weighted by molar-refractivity contribution is -0.110. The van der Waals surface area contributed by atoms with Gasteiger partial charge in [-0.25, -0.2) is 13.4 Å². The molecule has 2 N–H and O–H groups in total. The number of ether oxygens (including phenoxy) is 1. The highest BCUT2D eigenvalue weighted by Gasteiger charge is 2.31. The Kier molecular flexibility index (Phi) is 7.48. The van der Waals surface area contributed by atoms with Crippen molar-refractivity contribution in [2.24, 2.45) is 5.16 Å². The molecule has 0 bridgehead atoms. The van der Waals surface area contributed by atoms with Gasteiger partial charge < -0.3 is 14.7 Å².